The number of nitrogens with zero attached hydrogens (tertiary/aromatic N) is 2. The first-order valence-corrected chi connectivity index (χ1v) is 8.59. The molecule has 0 unspecified atom stereocenters. The Morgan fingerprint density at radius 2 is 1.96 bits per heavy atom. The number of nitrogens with one attached hydrogen (secondary N) is 1. The normalized spacial score (nSPS) is 11.5. The molecule has 0 aliphatic heterocycles. The second-order valence-corrected chi connectivity index (χ2v) is 6.81. The summed E-state index contributed by atoms with van der Waals surface area (Å²) in [6.07, 6.45) is 1.79. The molecule has 0 bridgehead atoms. The van der Waals surface area contributed by atoms with E-state index in [9.17, 15) is 13.2 Å². The van der Waals surface area contributed by atoms with E-state index in [0.29, 0.717) is 5.69 Å². The molecule has 0 atom stereocenters. The fourth-order valence-corrected chi connectivity index (χ4v) is 3.22. The molecule has 1 N–H and O–H groups in total. The number of hydrogen-bond acceptors (Lipinski definition) is 5. The van der Waals surface area contributed by atoms with Crippen LogP contribution in [-0.2, 0) is 21.3 Å². The van der Waals surface area contributed by atoms with Crippen molar-refractivity contribution in [2.24, 2.45) is 0 Å². The van der Waals surface area contributed by atoms with Crippen molar-refractivity contribution in [3.63, 3.8) is 0 Å². The first-order chi connectivity index (χ1) is 11.5. The van der Waals surface area contributed by atoms with Crippen molar-refractivity contribution in [3.8, 4) is 0 Å². The van der Waals surface area contributed by atoms with Crippen molar-refractivity contribution in [2.75, 3.05) is 7.11 Å². The van der Waals surface area contributed by atoms with Crippen LogP contribution in [0.5, 0.6) is 0 Å². The van der Waals surface area contributed by atoms with Gasteiger partial charge in [-0.25, -0.2) is 22.4 Å². The number of carbonyl (C=O) groups excluding carboxylic acids is 1. The van der Waals surface area contributed by atoms with E-state index in [2.05, 4.69) is 14.6 Å². The maximum absolute atomic E-state index is 12.3. The van der Waals surface area contributed by atoms with Gasteiger partial charge >= 0.3 is 5.97 Å². The molecule has 124 valence electrons. The summed E-state index contributed by atoms with van der Waals surface area (Å²) in [6, 6.07) is 13.0. The number of carbonyl (C=O) groups is 1. The maximum atomic E-state index is 12.3. The second-order valence-electron chi connectivity index (χ2n) is 5.05. The fraction of sp³-hybridized carbons (Fsp3) is 0.125. The zero-order valence-electron chi connectivity index (χ0n) is 12.8. The topological polar surface area (TPSA) is 89.8 Å². The molecule has 3 aromatic rings. The number of methoxy groups -OCH3 is 1. The molecule has 0 saturated heterocycles. The van der Waals surface area contributed by atoms with Gasteiger partial charge in [0.2, 0.25) is 10.0 Å². The SMILES string of the molecule is COC(=O)c1ccc(S(=O)(=O)NCc2cc3ccccn3n2)cc1. The molecule has 0 radical (unpaired) electrons. The van der Waals surface area contributed by atoms with Crippen LogP contribution in [0.25, 0.3) is 5.52 Å². The highest BCUT2D eigenvalue weighted by Crippen LogP contribution is 2.12. The van der Waals surface area contributed by atoms with Gasteiger partial charge in [-0.15, -0.1) is 0 Å². The van der Waals surface area contributed by atoms with Crippen LogP contribution in [0.15, 0.2) is 59.6 Å². The van der Waals surface area contributed by atoms with E-state index in [4.69, 9.17) is 0 Å². The molecule has 3 rings (SSSR count). The molecular weight excluding hydrogens is 330 g/mol. The Morgan fingerprint density at radius 3 is 2.62 bits per heavy atom. The standard InChI is InChI=1S/C16H15N3O4S/c1-23-16(20)12-5-7-15(8-6-12)24(21,22)17-11-13-10-14-4-2-3-9-19(14)18-13/h2-10,17H,11H2,1H3. The lowest BCUT2D eigenvalue weighted by Crippen LogP contribution is -2.23. The van der Waals surface area contributed by atoms with E-state index in [-0.39, 0.29) is 17.0 Å². The van der Waals surface area contributed by atoms with Crippen LogP contribution >= 0.6 is 0 Å². The molecule has 0 spiro atoms. The number of pyridine rings is 1. The van der Waals surface area contributed by atoms with E-state index in [0.717, 1.165) is 5.52 Å². The van der Waals surface area contributed by atoms with Crippen molar-refractivity contribution < 1.29 is 17.9 Å². The predicted octanol–water partition coefficient (Wildman–Crippen LogP) is 1.60. The molecule has 2 heterocycles. The minimum Gasteiger partial charge on any atom is -0.465 e. The van der Waals surface area contributed by atoms with Gasteiger partial charge in [0.15, 0.2) is 0 Å². The summed E-state index contributed by atoms with van der Waals surface area (Å²) in [6.45, 7) is 0.0722. The van der Waals surface area contributed by atoms with Crippen molar-refractivity contribution in [2.45, 2.75) is 11.4 Å². The highest BCUT2D eigenvalue weighted by atomic mass is 32.2. The van der Waals surface area contributed by atoms with Crippen molar-refractivity contribution in [1.29, 1.82) is 0 Å². The average Bonchev–Trinajstić information content (AvgIpc) is 3.02. The first kappa shape index (κ1) is 16.2. The summed E-state index contributed by atoms with van der Waals surface area (Å²) in [5.41, 5.74) is 1.78. The number of esters is 1. The Balaban J connectivity index is 1.74. The Labute approximate surface area is 138 Å². The van der Waals surface area contributed by atoms with Crippen LogP contribution in [0.3, 0.4) is 0 Å². The number of ether oxygens (including phenoxy) is 1. The van der Waals surface area contributed by atoms with Gasteiger partial charge in [-0.1, -0.05) is 6.07 Å². The lowest BCUT2D eigenvalue weighted by atomic mass is 10.2. The second kappa shape index (κ2) is 6.42. The summed E-state index contributed by atoms with van der Waals surface area (Å²) < 4.78 is 33.4. The lowest BCUT2D eigenvalue weighted by Gasteiger charge is -2.06. The van der Waals surface area contributed by atoms with Gasteiger partial charge in [0.1, 0.15) is 0 Å². The molecule has 2 aromatic heterocycles. The first-order valence-electron chi connectivity index (χ1n) is 7.11. The third-order valence-electron chi connectivity index (χ3n) is 3.45. The highest BCUT2D eigenvalue weighted by molar-refractivity contribution is 7.89. The van der Waals surface area contributed by atoms with Gasteiger partial charge in [0.25, 0.3) is 0 Å². The highest BCUT2D eigenvalue weighted by Gasteiger charge is 2.15. The molecule has 8 heteroatoms. The van der Waals surface area contributed by atoms with E-state index in [1.165, 1.54) is 31.4 Å². The van der Waals surface area contributed by atoms with Crippen LogP contribution < -0.4 is 4.72 Å². The Hall–Kier alpha value is -2.71. The molecule has 0 aliphatic carbocycles. The van der Waals surface area contributed by atoms with E-state index in [1.807, 2.05) is 24.3 Å². The van der Waals surface area contributed by atoms with Crippen molar-refractivity contribution in [1.82, 2.24) is 14.3 Å². The zero-order chi connectivity index (χ0) is 17.2. The van der Waals surface area contributed by atoms with Crippen LogP contribution in [-0.4, -0.2) is 31.1 Å². The van der Waals surface area contributed by atoms with Gasteiger partial charge in [-0.05, 0) is 42.5 Å². The van der Waals surface area contributed by atoms with Crippen molar-refractivity contribution >= 4 is 21.5 Å². The number of rotatable bonds is 5. The van der Waals surface area contributed by atoms with Crippen molar-refractivity contribution in [3.05, 3.63) is 66.0 Å². The Morgan fingerprint density at radius 1 is 1.21 bits per heavy atom. The van der Waals surface area contributed by atoms with Gasteiger partial charge < -0.3 is 4.74 Å². The summed E-state index contributed by atoms with van der Waals surface area (Å²) >= 11 is 0. The average molecular weight is 345 g/mol. The van der Waals surface area contributed by atoms with Crippen LogP contribution in [0, 0.1) is 0 Å². The molecule has 0 saturated carbocycles. The van der Waals surface area contributed by atoms with Gasteiger partial charge in [0.05, 0.1) is 35.3 Å². The lowest BCUT2D eigenvalue weighted by molar-refractivity contribution is 0.0600. The summed E-state index contributed by atoms with van der Waals surface area (Å²) in [7, 11) is -2.43. The van der Waals surface area contributed by atoms with Gasteiger partial charge in [-0.2, -0.15) is 5.10 Å². The minimum atomic E-state index is -3.70. The quantitative estimate of drug-likeness (QED) is 0.710. The Bertz CT molecular complexity index is 945. The molecule has 24 heavy (non-hydrogen) atoms. The number of fused-ring (bicyclic) bond motifs is 1. The monoisotopic (exact) mass is 345 g/mol. The molecule has 0 amide bonds. The van der Waals surface area contributed by atoms with Crippen LogP contribution in [0.4, 0.5) is 0 Å². The molecule has 0 aliphatic rings. The number of benzene rings is 1. The molecule has 1 aromatic carbocycles. The van der Waals surface area contributed by atoms with Gasteiger partial charge in [0, 0.05) is 6.20 Å². The number of hydrogen-bond donors (Lipinski definition) is 1. The Kier molecular flexibility index (Phi) is 4.32. The zero-order valence-corrected chi connectivity index (χ0v) is 13.7. The van der Waals surface area contributed by atoms with E-state index in [1.54, 1.807) is 10.7 Å². The summed E-state index contributed by atoms with van der Waals surface area (Å²) in [4.78, 5) is 11.4. The molecule has 7 nitrogen and oxygen atoms in total. The van der Waals surface area contributed by atoms with Gasteiger partial charge in [-0.3, -0.25) is 0 Å². The smallest absolute Gasteiger partial charge is 0.337 e. The van der Waals surface area contributed by atoms with Crippen LogP contribution in [0.2, 0.25) is 0 Å². The minimum absolute atomic E-state index is 0.0684. The van der Waals surface area contributed by atoms with E-state index < -0.39 is 16.0 Å². The van der Waals surface area contributed by atoms with Crippen LogP contribution in [0.1, 0.15) is 16.1 Å². The third-order valence-corrected chi connectivity index (χ3v) is 4.87. The maximum Gasteiger partial charge on any atom is 0.337 e. The fourth-order valence-electron chi connectivity index (χ4n) is 2.22. The predicted molar refractivity (Wildman–Crippen MR) is 87.0 cm³/mol. The number of aromatic nitrogens is 2. The number of sulfonamides is 1. The summed E-state index contributed by atoms with van der Waals surface area (Å²) in [5, 5.41) is 4.29. The third kappa shape index (κ3) is 3.29. The molecule has 0 fully saturated rings. The largest absolute Gasteiger partial charge is 0.465 e. The molecular formula is C16H15N3O4S. The summed E-state index contributed by atoms with van der Waals surface area (Å²) in [5.74, 6) is -0.517. The van der Waals surface area contributed by atoms with E-state index >= 15 is 0 Å².